The van der Waals surface area contributed by atoms with Crippen molar-refractivity contribution in [2.24, 2.45) is 0 Å². The summed E-state index contributed by atoms with van der Waals surface area (Å²) in [5.74, 6) is -0.353. The predicted octanol–water partition coefficient (Wildman–Crippen LogP) is 3.22. The molecule has 0 fully saturated rings. The van der Waals surface area contributed by atoms with Crippen LogP contribution in [0.25, 0.3) is 0 Å². The molecule has 5 nitrogen and oxygen atoms in total. The van der Waals surface area contributed by atoms with Crippen LogP contribution in [0, 0.1) is 0 Å². The summed E-state index contributed by atoms with van der Waals surface area (Å²) in [6.45, 7) is 0.794. The van der Waals surface area contributed by atoms with Gasteiger partial charge in [0.2, 0.25) is 11.8 Å². The first-order chi connectivity index (χ1) is 12.4. The Hall–Kier alpha value is -2.08. The van der Waals surface area contributed by atoms with Crippen LogP contribution in [-0.2, 0) is 16.0 Å². The Kier molecular flexibility index (Phi) is 7.91. The van der Waals surface area contributed by atoms with Gasteiger partial charge in [-0.1, -0.05) is 53.5 Å². The Morgan fingerprint density at radius 1 is 0.962 bits per heavy atom. The maximum atomic E-state index is 12.0. The van der Waals surface area contributed by atoms with Crippen molar-refractivity contribution in [1.29, 1.82) is 0 Å². The summed E-state index contributed by atoms with van der Waals surface area (Å²) >= 11 is 11.8. The zero-order valence-corrected chi connectivity index (χ0v) is 16.0. The Morgan fingerprint density at radius 3 is 2.35 bits per heavy atom. The number of benzene rings is 2. The van der Waals surface area contributed by atoms with Crippen LogP contribution in [0.4, 0.5) is 5.69 Å². The SMILES string of the molecule is CN(CC(=O)NCCc1ccccc1)CC(=O)Nc1ccc(Cl)c(Cl)c1. The number of likely N-dealkylation sites (N-methyl/N-ethyl adjacent to an activating group) is 1. The molecule has 0 unspecified atom stereocenters. The van der Waals surface area contributed by atoms with Gasteiger partial charge in [0.15, 0.2) is 0 Å². The van der Waals surface area contributed by atoms with E-state index < -0.39 is 0 Å². The van der Waals surface area contributed by atoms with Crippen LogP contribution < -0.4 is 10.6 Å². The zero-order valence-electron chi connectivity index (χ0n) is 14.5. The lowest BCUT2D eigenvalue weighted by atomic mass is 10.1. The van der Waals surface area contributed by atoms with Gasteiger partial charge in [-0.15, -0.1) is 0 Å². The molecule has 2 rings (SSSR count). The largest absolute Gasteiger partial charge is 0.355 e. The molecule has 0 aliphatic carbocycles. The molecule has 138 valence electrons. The minimum Gasteiger partial charge on any atom is -0.355 e. The van der Waals surface area contributed by atoms with Crippen molar-refractivity contribution in [3.63, 3.8) is 0 Å². The van der Waals surface area contributed by atoms with E-state index in [9.17, 15) is 9.59 Å². The highest BCUT2D eigenvalue weighted by Crippen LogP contribution is 2.24. The van der Waals surface area contributed by atoms with Crippen molar-refractivity contribution in [1.82, 2.24) is 10.2 Å². The van der Waals surface area contributed by atoms with Crippen molar-refractivity contribution >= 4 is 40.7 Å². The fourth-order valence-electron chi connectivity index (χ4n) is 2.37. The molecule has 26 heavy (non-hydrogen) atoms. The minimum absolute atomic E-state index is 0.0896. The van der Waals surface area contributed by atoms with E-state index >= 15 is 0 Å². The van der Waals surface area contributed by atoms with Gasteiger partial charge in [0, 0.05) is 12.2 Å². The highest BCUT2D eigenvalue weighted by Gasteiger charge is 2.11. The van der Waals surface area contributed by atoms with Gasteiger partial charge in [-0.25, -0.2) is 0 Å². The molecule has 0 aliphatic heterocycles. The number of amides is 2. The molecule has 0 aliphatic rings. The van der Waals surface area contributed by atoms with Gasteiger partial charge in [-0.3, -0.25) is 14.5 Å². The fourth-order valence-corrected chi connectivity index (χ4v) is 2.67. The standard InChI is InChI=1S/C19H21Cl2N3O2/c1-24(12-18(25)22-10-9-14-5-3-2-4-6-14)13-19(26)23-15-7-8-16(20)17(21)11-15/h2-8,11H,9-10,12-13H2,1H3,(H,22,25)(H,23,26). The van der Waals surface area contributed by atoms with Crippen molar-refractivity contribution in [3.8, 4) is 0 Å². The zero-order chi connectivity index (χ0) is 18.9. The van der Waals surface area contributed by atoms with Crippen LogP contribution in [0.3, 0.4) is 0 Å². The summed E-state index contributed by atoms with van der Waals surface area (Å²) in [7, 11) is 1.71. The molecule has 0 spiro atoms. The second-order valence-corrected chi connectivity index (χ2v) is 6.75. The van der Waals surface area contributed by atoms with Crippen LogP contribution in [0.15, 0.2) is 48.5 Å². The third-order valence-corrected chi connectivity index (χ3v) is 4.35. The number of carbonyl (C=O) groups excluding carboxylic acids is 2. The highest BCUT2D eigenvalue weighted by molar-refractivity contribution is 6.42. The lowest BCUT2D eigenvalue weighted by Crippen LogP contribution is -2.39. The van der Waals surface area contributed by atoms with E-state index in [1.54, 1.807) is 30.1 Å². The molecule has 0 saturated carbocycles. The first kappa shape index (κ1) is 20.2. The van der Waals surface area contributed by atoms with Gasteiger partial charge >= 0.3 is 0 Å². The number of rotatable bonds is 8. The molecule has 2 aromatic carbocycles. The van der Waals surface area contributed by atoms with Crippen LogP contribution in [0.5, 0.6) is 0 Å². The third kappa shape index (κ3) is 7.04. The molecule has 0 saturated heterocycles. The number of hydrogen-bond donors (Lipinski definition) is 2. The molecular weight excluding hydrogens is 373 g/mol. The maximum absolute atomic E-state index is 12.0. The van der Waals surface area contributed by atoms with E-state index in [1.165, 1.54) is 5.56 Å². The van der Waals surface area contributed by atoms with E-state index in [0.717, 1.165) is 6.42 Å². The normalized spacial score (nSPS) is 10.6. The van der Waals surface area contributed by atoms with Crippen LogP contribution >= 0.6 is 23.2 Å². The summed E-state index contributed by atoms with van der Waals surface area (Å²) in [4.78, 5) is 25.6. The molecule has 7 heteroatoms. The van der Waals surface area contributed by atoms with Crippen LogP contribution in [0.2, 0.25) is 10.0 Å². The number of anilines is 1. The molecule has 0 radical (unpaired) electrons. The average molecular weight is 394 g/mol. The average Bonchev–Trinajstić information content (AvgIpc) is 2.59. The van der Waals surface area contributed by atoms with Gasteiger partial charge in [-0.05, 0) is 37.2 Å². The van der Waals surface area contributed by atoms with E-state index in [0.29, 0.717) is 22.3 Å². The first-order valence-corrected chi connectivity index (χ1v) is 8.93. The van der Waals surface area contributed by atoms with Crippen LogP contribution in [-0.4, -0.2) is 43.4 Å². The lowest BCUT2D eigenvalue weighted by molar-refractivity contribution is -0.122. The van der Waals surface area contributed by atoms with E-state index in [-0.39, 0.29) is 24.9 Å². The summed E-state index contributed by atoms with van der Waals surface area (Å²) in [5, 5.41) is 6.37. The van der Waals surface area contributed by atoms with E-state index in [2.05, 4.69) is 10.6 Å². The smallest absolute Gasteiger partial charge is 0.238 e. The molecular formula is C19H21Cl2N3O2. The summed E-state index contributed by atoms with van der Waals surface area (Å²) in [5.41, 5.74) is 1.73. The van der Waals surface area contributed by atoms with Gasteiger partial charge in [0.1, 0.15) is 0 Å². The number of hydrogen-bond acceptors (Lipinski definition) is 3. The summed E-state index contributed by atoms with van der Waals surface area (Å²) < 4.78 is 0. The summed E-state index contributed by atoms with van der Waals surface area (Å²) in [6.07, 6.45) is 0.772. The van der Waals surface area contributed by atoms with E-state index in [4.69, 9.17) is 23.2 Å². The Bertz CT molecular complexity index is 754. The maximum Gasteiger partial charge on any atom is 0.238 e. The van der Waals surface area contributed by atoms with Crippen molar-refractivity contribution < 1.29 is 9.59 Å². The van der Waals surface area contributed by atoms with Gasteiger partial charge in [0.25, 0.3) is 0 Å². The van der Waals surface area contributed by atoms with Crippen molar-refractivity contribution in [2.45, 2.75) is 6.42 Å². The molecule has 2 aromatic rings. The van der Waals surface area contributed by atoms with Gasteiger partial charge in [-0.2, -0.15) is 0 Å². The molecule has 2 N–H and O–H groups in total. The van der Waals surface area contributed by atoms with Gasteiger partial charge < -0.3 is 10.6 Å². The Morgan fingerprint density at radius 2 is 1.65 bits per heavy atom. The molecule has 2 amide bonds. The molecule has 0 bridgehead atoms. The fraction of sp³-hybridized carbons (Fsp3) is 0.263. The number of halogens is 2. The minimum atomic E-state index is -0.233. The second-order valence-electron chi connectivity index (χ2n) is 5.93. The van der Waals surface area contributed by atoms with Gasteiger partial charge in [0.05, 0.1) is 23.1 Å². The quantitative estimate of drug-likeness (QED) is 0.723. The van der Waals surface area contributed by atoms with Crippen molar-refractivity contribution in [2.75, 3.05) is 32.0 Å². The predicted molar refractivity (Wildman–Crippen MR) is 106 cm³/mol. The number of carbonyl (C=O) groups is 2. The summed E-state index contributed by atoms with van der Waals surface area (Å²) in [6, 6.07) is 14.8. The monoisotopic (exact) mass is 393 g/mol. The topological polar surface area (TPSA) is 61.4 Å². The lowest BCUT2D eigenvalue weighted by Gasteiger charge is -2.16. The molecule has 0 heterocycles. The highest BCUT2D eigenvalue weighted by atomic mass is 35.5. The number of nitrogens with one attached hydrogen (secondary N) is 2. The molecule has 0 aromatic heterocycles. The first-order valence-electron chi connectivity index (χ1n) is 8.18. The van der Waals surface area contributed by atoms with Crippen LogP contribution in [0.1, 0.15) is 5.56 Å². The Labute approximate surface area is 163 Å². The van der Waals surface area contributed by atoms with Crippen molar-refractivity contribution in [3.05, 3.63) is 64.1 Å². The molecule has 0 atom stereocenters. The Balaban J connectivity index is 1.69. The third-order valence-electron chi connectivity index (χ3n) is 3.61. The second kappa shape index (κ2) is 10.2. The van der Waals surface area contributed by atoms with E-state index in [1.807, 2.05) is 30.3 Å². The number of nitrogens with zero attached hydrogens (tertiary/aromatic N) is 1.